The summed E-state index contributed by atoms with van der Waals surface area (Å²) in [5.74, 6) is -0.0959. The molecule has 0 bridgehead atoms. The molecule has 0 aliphatic carbocycles. The number of likely N-dealkylation sites (tertiary alicyclic amines) is 1. The van der Waals surface area contributed by atoms with Crippen LogP contribution in [0.3, 0.4) is 0 Å². The number of hydrogen-bond acceptors (Lipinski definition) is 4. The lowest BCUT2D eigenvalue weighted by Crippen LogP contribution is -2.49. The molecule has 1 atom stereocenters. The second-order valence-electron chi connectivity index (χ2n) is 7.24. The second-order valence-corrected chi connectivity index (χ2v) is 7.24. The number of imide groups is 1. The van der Waals surface area contributed by atoms with Crippen molar-refractivity contribution in [3.05, 3.63) is 42.1 Å². The molecule has 1 aromatic carbocycles. The Morgan fingerprint density at radius 3 is 2.76 bits per heavy atom. The second kappa shape index (κ2) is 5.81. The van der Waals surface area contributed by atoms with Gasteiger partial charge in [0.05, 0.1) is 11.2 Å². The molecule has 1 aromatic heterocycles. The summed E-state index contributed by atoms with van der Waals surface area (Å²) >= 11 is 0. The number of nitrogens with zero attached hydrogens (tertiary/aromatic N) is 3. The molecule has 0 unspecified atom stereocenters. The highest BCUT2D eigenvalue weighted by Crippen LogP contribution is 2.30. The highest BCUT2D eigenvalue weighted by Gasteiger charge is 2.55. The molecule has 1 spiro atoms. The summed E-state index contributed by atoms with van der Waals surface area (Å²) in [6, 6.07) is 11.7. The van der Waals surface area contributed by atoms with E-state index in [1.54, 1.807) is 0 Å². The monoisotopic (exact) mass is 338 g/mol. The molecular weight excluding hydrogens is 316 g/mol. The molecule has 3 amide bonds. The molecule has 2 fully saturated rings. The fourth-order valence-electron chi connectivity index (χ4n) is 3.84. The van der Waals surface area contributed by atoms with E-state index < -0.39 is 5.54 Å². The number of aromatic nitrogens is 1. The maximum absolute atomic E-state index is 12.8. The molecule has 6 nitrogen and oxygen atoms in total. The summed E-state index contributed by atoms with van der Waals surface area (Å²) in [6.07, 6.45) is 0.647. The van der Waals surface area contributed by atoms with Crippen molar-refractivity contribution in [2.45, 2.75) is 38.4 Å². The molecule has 4 rings (SSSR count). The molecule has 0 radical (unpaired) electrons. The predicted octanol–water partition coefficient (Wildman–Crippen LogP) is 2.14. The summed E-state index contributed by atoms with van der Waals surface area (Å²) in [5, 5.41) is 4.05. The number of nitrogens with one attached hydrogen (secondary N) is 1. The lowest BCUT2D eigenvalue weighted by molar-refractivity contribution is -0.132. The lowest BCUT2D eigenvalue weighted by Gasteiger charge is -2.23. The average Bonchev–Trinajstić information content (AvgIpc) is 3.08. The van der Waals surface area contributed by atoms with E-state index in [0.29, 0.717) is 19.5 Å². The molecule has 2 saturated heterocycles. The van der Waals surface area contributed by atoms with Crippen LogP contribution in [-0.2, 0) is 11.3 Å². The molecule has 1 N–H and O–H groups in total. The minimum atomic E-state index is -0.766. The zero-order valence-electron chi connectivity index (χ0n) is 14.5. The van der Waals surface area contributed by atoms with Crippen molar-refractivity contribution in [3.63, 3.8) is 0 Å². The van der Waals surface area contributed by atoms with Gasteiger partial charge in [0.1, 0.15) is 5.54 Å². The van der Waals surface area contributed by atoms with Gasteiger partial charge in [-0.1, -0.05) is 24.3 Å². The average molecular weight is 338 g/mol. The topological polar surface area (TPSA) is 65.5 Å². The Hall–Kier alpha value is -2.47. The molecule has 2 aliphatic heterocycles. The molecule has 6 heteroatoms. The standard InChI is InChI=1S/C19H22N4O2/c1-13(2)23-17(24)19(21-18(23)25)9-10-22(12-19)11-15-8-7-14-5-3-4-6-16(14)20-15/h3-8,13H,9-12H2,1-2H3,(H,21,25)/t19-/m0/s1. The minimum absolute atomic E-state index is 0.0959. The number of urea groups is 1. The zero-order valence-corrected chi connectivity index (χ0v) is 14.5. The van der Waals surface area contributed by atoms with Crippen LogP contribution in [0.2, 0.25) is 0 Å². The van der Waals surface area contributed by atoms with E-state index in [2.05, 4.69) is 16.3 Å². The van der Waals surface area contributed by atoms with Gasteiger partial charge in [-0.2, -0.15) is 0 Å². The van der Waals surface area contributed by atoms with Crippen LogP contribution < -0.4 is 5.32 Å². The summed E-state index contributed by atoms with van der Waals surface area (Å²) < 4.78 is 0. The highest BCUT2D eigenvalue weighted by molar-refractivity contribution is 6.07. The number of pyridine rings is 1. The van der Waals surface area contributed by atoms with Crippen LogP contribution in [0.4, 0.5) is 4.79 Å². The molecule has 2 aliphatic rings. The molecule has 2 aromatic rings. The maximum Gasteiger partial charge on any atom is 0.325 e. The van der Waals surface area contributed by atoms with Gasteiger partial charge in [0.15, 0.2) is 0 Å². The van der Waals surface area contributed by atoms with Crippen LogP contribution in [0.25, 0.3) is 10.9 Å². The predicted molar refractivity (Wildman–Crippen MR) is 94.9 cm³/mol. The van der Waals surface area contributed by atoms with Gasteiger partial charge in [-0.05, 0) is 32.4 Å². The number of para-hydroxylation sites is 1. The van der Waals surface area contributed by atoms with E-state index >= 15 is 0 Å². The van der Waals surface area contributed by atoms with Gasteiger partial charge < -0.3 is 5.32 Å². The Labute approximate surface area is 146 Å². The van der Waals surface area contributed by atoms with E-state index in [4.69, 9.17) is 4.98 Å². The third-order valence-electron chi connectivity index (χ3n) is 5.10. The highest BCUT2D eigenvalue weighted by atomic mass is 16.2. The van der Waals surface area contributed by atoms with Crippen LogP contribution in [0.5, 0.6) is 0 Å². The van der Waals surface area contributed by atoms with Crippen LogP contribution in [0.15, 0.2) is 36.4 Å². The van der Waals surface area contributed by atoms with Crippen molar-refractivity contribution in [1.82, 2.24) is 20.1 Å². The normalized spacial score (nSPS) is 24.0. The van der Waals surface area contributed by atoms with Crippen molar-refractivity contribution < 1.29 is 9.59 Å². The first-order valence-electron chi connectivity index (χ1n) is 8.71. The smallest absolute Gasteiger partial charge is 0.322 e. The molecule has 3 heterocycles. The molecule has 130 valence electrons. The Balaban J connectivity index is 1.51. The Morgan fingerprint density at radius 1 is 1.20 bits per heavy atom. The van der Waals surface area contributed by atoms with Crippen molar-refractivity contribution in [3.8, 4) is 0 Å². The van der Waals surface area contributed by atoms with Crippen LogP contribution in [-0.4, -0.2) is 51.4 Å². The van der Waals surface area contributed by atoms with E-state index in [1.807, 2.05) is 44.2 Å². The van der Waals surface area contributed by atoms with Crippen molar-refractivity contribution in [2.24, 2.45) is 0 Å². The number of amides is 3. The Kier molecular flexibility index (Phi) is 3.72. The van der Waals surface area contributed by atoms with Gasteiger partial charge >= 0.3 is 6.03 Å². The van der Waals surface area contributed by atoms with E-state index in [-0.39, 0.29) is 18.0 Å². The molecular formula is C19H22N4O2. The number of fused-ring (bicyclic) bond motifs is 1. The summed E-state index contributed by atoms with van der Waals surface area (Å²) in [7, 11) is 0. The fraction of sp³-hybridized carbons (Fsp3) is 0.421. The molecule has 0 saturated carbocycles. The van der Waals surface area contributed by atoms with Gasteiger partial charge in [-0.15, -0.1) is 0 Å². The lowest BCUT2D eigenvalue weighted by atomic mass is 9.98. The van der Waals surface area contributed by atoms with Gasteiger partial charge in [-0.25, -0.2) is 4.79 Å². The number of carbonyl (C=O) groups excluding carboxylic acids is 2. The first kappa shape index (κ1) is 16.0. The van der Waals surface area contributed by atoms with Crippen molar-refractivity contribution in [1.29, 1.82) is 0 Å². The Bertz CT molecular complexity index is 850. The number of benzene rings is 1. The fourth-order valence-corrected chi connectivity index (χ4v) is 3.84. The van der Waals surface area contributed by atoms with Crippen molar-refractivity contribution >= 4 is 22.8 Å². The quantitative estimate of drug-likeness (QED) is 0.871. The maximum atomic E-state index is 12.8. The summed E-state index contributed by atoms with van der Waals surface area (Å²) in [6.45, 7) is 5.71. The number of hydrogen-bond donors (Lipinski definition) is 1. The largest absolute Gasteiger partial charge is 0.325 e. The van der Waals surface area contributed by atoms with Gasteiger partial charge in [0.2, 0.25) is 0 Å². The first-order valence-corrected chi connectivity index (χ1v) is 8.71. The molecule has 25 heavy (non-hydrogen) atoms. The van der Waals surface area contributed by atoms with Gasteiger partial charge in [-0.3, -0.25) is 19.6 Å². The van der Waals surface area contributed by atoms with Crippen molar-refractivity contribution in [2.75, 3.05) is 13.1 Å². The summed E-state index contributed by atoms with van der Waals surface area (Å²) in [4.78, 5) is 33.2. The summed E-state index contributed by atoms with van der Waals surface area (Å²) in [5.41, 5.74) is 1.19. The Morgan fingerprint density at radius 2 is 2.00 bits per heavy atom. The first-order chi connectivity index (χ1) is 12.0. The zero-order chi connectivity index (χ0) is 17.6. The third kappa shape index (κ3) is 2.66. The van der Waals surface area contributed by atoms with E-state index in [0.717, 1.165) is 23.1 Å². The van der Waals surface area contributed by atoms with E-state index in [1.165, 1.54) is 4.90 Å². The third-order valence-corrected chi connectivity index (χ3v) is 5.10. The van der Waals surface area contributed by atoms with Crippen LogP contribution in [0, 0.1) is 0 Å². The van der Waals surface area contributed by atoms with E-state index in [9.17, 15) is 9.59 Å². The number of carbonyl (C=O) groups is 2. The number of rotatable bonds is 3. The SMILES string of the molecule is CC(C)N1C(=O)N[C@]2(CCN(Cc3ccc4ccccc4n3)C2)C1=O. The van der Waals surface area contributed by atoms with Crippen LogP contribution in [0.1, 0.15) is 26.0 Å². The minimum Gasteiger partial charge on any atom is -0.322 e. The van der Waals surface area contributed by atoms with Crippen LogP contribution >= 0.6 is 0 Å². The van der Waals surface area contributed by atoms with Gasteiger partial charge in [0, 0.05) is 31.1 Å². The van der Waals surface area contributed by atoms with Gasteiger partial charge in [0.25, 0.3) is 5.91 Å².